The predicted molar refractivity (Wildman–Crippen MR) is 145 cm³/mol. The summed E-state index contributed by atoms with van der Waals surface area (Å²) in [5, 5.41) is 15.9. The van der Waals surface area contributed by atoms with Crippen LogP contribution in [0.1, 0.15) is 34.0 Å². The summed E-state index contributed by atoms with van der Waals surface area (Å²) in [4.78, 5) is 30.8. The van der Waals surface area contributed by atoms with E-state index in [1.807, 2.05) is 37.3 Å². The first-order chi connectivity index (χ1) is 17.2. The molecule has 0 aliphatic rings. The third-order valence-electron chi connectivity index (χ3n) is 5.20. The molecule has 4 aromatic rings. The molecule has 0 saturated carbocycles. The van der Waals surface area contributed by atoms with Gasteiger partial charge in [-0.2, -0.15) is 0 Å². The molecule has 0 aliphatic heterocycles. The lowest BCUT2D eigenvalue weighted by Crippen LogP contribution is -2.28. The number of nitrogens with zero attached hydrogens (tertiary/aromatic N) is 4. The first-order valence-corrected chi connectivity index (χ1v) is 13.4. The van der Waals surface area contributed by atoms with Crippen LogP contribution in [0.2, 0.25) is 10.0 Å². The number of hydrogen-bond donors (Lipinski definition) is 2. The number of thioether (sulfide) groups is 1. The van der Waals surface area contributed by atoms with Gasteiger partial charge in [0.2, 0.25) is 5.91 Å². The van der Waals surface area contributed by atoms with E-state index >= 15 is 0 Å². The molecule has 0 aliphatic carbocycles. The van der Waals surface area contributed by atoms with E-state index in [1.165, 1.54) is 29.2 Å². The van der Waals surface area contributed by atoms with Crippen LogP contribution in [0.3, 0.4) is 0 Å². The number of rotatable bonds is 8. The molecule has 1 atom stereocenters. The highest BCUT2D eigenvalue weighted by Crippen LogP contribution is 2.30. The number of benzene rings is 2. The van der Waals surface area contributed by atoms with E-state index in [0.29, 0.717) is 26.7 Å². The van der Waals surface area contributed by atoms with Crippen molar-refractivity contribution in [2.45, 2.75) is 25.0 Å². The van der Waals surface area contributed by atoms with Gasteiger partial charge in [-0.05, 0) is 32.0 Å². The maximum absolute atomic E-state index is 12.6. The largest absolute Gasteiger partial charge is 0.342 e. The van der Waals surface area contributed by atoms with E-state index in [0.717, 1.165) is 16.1 Å². The van der Waals surface area contributed by atoms with Gasteiger partial charge in [0.25, 0.3) is 5.91 Å². The fourth-order valence-corrected chi connectivity index (χ4v) is 5.51. The summed E-state index contributed by atoms with van der Waals surface area (Å²) >= 11 is 14.7. The van der Waals surface area contributed by atoms with Crippen LogP contribution in [0.15, 0.2) is 53.7 Å². The number of anilines is 1. The lowest BCUT2D eigenvalue weighted by molar-refractivity contribution is -0.113. The number of thiazole rings is 1. The summed E-state index contributed by atoms with van der Waals surface area (Å²) in [5.41, 5.74) is 2.18. The average Bonchev–Trinajstić information content (AvgIpc) is 3.39. The van der Waals surface area contributed by atoms with E-state index in [-0.39, 0.29) is 22.6 Å². The second kappa shape index (κ2) is 11.4. The van der Waals surface area contributed by atoms with Crippen molar-refractivity contribution in [2.24, 2.45) is 7.05 Å². The lowest BCUT2D eigenvalue weighted by Gasteiger charge is -2.14. The Bertz CT molecular complexity index is 1410. The maximum Gasteiger partial charge on any atom is 0.253 e. The van der Waals surface area contributed by atoms with Crippen LogP contribution in [-0.4, -0.2) is 37.3 Å². The minimum absolute atomic E-state index is 0.131. The molecule has 4 rings (SSSR count). The molecule has 2 aromatic carbocycles. The molecule has 0 unspecified atom stereocenters. The number of aryl methyl sites for hydroxylation is 1. The number of hydrogen-bond acceptors (Lipinski definition) is 7. The second-order valence-electron chi connectivity index (χ2n) is 7.85. The lowest BCUT2D eigenvalue weighted by atomic mass is 10.1. The average molecular weight is 562 g/mol. The molecule has 186 valence electrons. The van der Waals surface area contributed by atoms with E-state index in [4.69, 9.17) is 23.2 Å². The highest BCUT2D eigenvalue weighted by Gasteiger charge is 2.20. The second-order valence-corrected chi connectivity index (χ2v) is 10.8. The normalized spacial score (nSPS) is 11.8. The Hall–Kier alpha value is -2.92. The van der Waals surface area contributed by atoms with Crippen molar-refractivity contribution >= 4 is 63.2 Å². The molecule has 36 heavy (non-hydrogen) atoms. The summed E-state index contributed by atoms with van der Waals surface area (Å²) in [6.07, 6.45) is 0. The summed E-state index contributed by atoms with van der Waals surface area (Å²) in [6, 6.07) is 14.1. The molecular weight excluding hydrogens is 539 g/mol. The predicted octanol–water partition coefficient (Wildman–Crippen LogP) is 5.78. The quantitative estimate of drug-likeness (QED) is 0.265. The Labute approximate surface area is 226 Å². The summed E-state index contributed by atoms with van der Waals surface area (Å²) in [6.45, 7) is 3.77. The van der Waals surface area contributed by atoms with Crippen LogP contribution in [0.4, 0.5) is 5.13 Å². The van der Waals surface area contributed by atoms with Crippen molar-refractivity contribution in [2.75, 3.05) is 11.1 Å². The van der Waals surface area contributed by atoms with Gasteiger partial charge < -0.3 is 15.2 Å². The molecule has 2 heterocycles. The first-order valence-electron chi connectivity index (χ1n) is 10.8. The van der Waals surface area contributed by atoms with E-state index < -0.39 is 6.04 Å². The molecule has 0 bridgehead atoms. The maximum atomic E-state index is 12.6. The Morgan fingerprint density at radius 2 is 1.89 bits per heavy atom. The van der Waals surface area contributed by atoms with Gasteiger partial charge in [0.15, 0.2) is 16.1 Å². The van der Waals surface area contributed by atoms with Crippen LogP contribution in [0, 0.1) is 6.92 Å². The number of nitrogens with one attached hydrogen (secondary N) is 2. The Kier molecular flexibility index (Phi) is 8.30. The minimum Gasteiger partial charge on any atom is -0.342 e. The van der Waals surface area contributed by atoms with Crippen LogP contribution >= 0.6 is 46.3 Å². The summed E-state index contributed by atoms with van der Waals surface area (Å²) in [7, 11) is 1.78. The molecule has 2 N–H and O–H groups in total. The van der Waals surface area contributed by atoms with E-state index in [9.17, 15) is 9.59 Å². The van der Waals surface area contributed by atoms with Crippen molar-refractivity contribution in [1.82, 2.24) is 25.1 Å². The zero-order valence-electron chi connectivity index (χ0n) is 19.6. The number of halogens is 2. The fourth-order valence-electron chi connectivity index (χ4n) is 3.44. The Morgan fingerprint density at radius 1 is 1.14 bits per heavy atom. The molecule has 0 spiro atoms. The number of aromatic nitrogens is 4. The molecule has 2 amide bonds. The highest BCUT2D eigenvalue weighted by molar-refractivity contribution is 7.99. The first kappa shape index (κ1) is 26.2. The Morgan fingerprint density at radius 3 is 2.61 bits per heavy atom. The smallest absolute Gasteiger partial charge is 0.253 e. The Balaban J connectivity index is 1.35. The van der Waals surface area contributed by atoms with Crippen molar-refractivity contribution in [3.05, 3.63) is 74.8 Å². The zero-order valence-corrected chi connectivity index (χ0v) is 22.7. The van der Waals surface area contributed by atoms with Gasteiger partial charge in [-0.3, -0.25) is 9.59 Å². The van der Waals surface area contributed by atoms with Gasteiger partial charge in [0.05, 0.1) is 28.1 Å². The summed E-state index contributed by atoms with van der Waals surface area (Å²) in [5.74, 6) is 0.122. The molecule has 0 radical (unpaired) electrons. The van der Waals surface area contributed by atoms with Gasteiger partial charge >= 0.3 is 0 Å². The number of carbonyl (C=O) groups is 2. The number of amides is 2. The molecule has 0 saturated heterocycles. The minimum atomic E-state index is -0.445. The molecule has 12 heteroatoms. The highest BCUT2D eigenvalue weighted by atomic mass is 35.5. The van der Waals surface area contributed by atoms with Crippen molar-refractivity contribution in [3.63, 3.8) is 0 Å². The van der Waals surface area contributed by atoms with Crippen molar-refractivity contribution in [1.29, 1.82) is 0 Å². The molecular formula is C24H22Cl2N6O2S2. The number of carbonyl (C=O) groups excluding carboxylic acids is 2. The fraction of sp³-hybridized carbons (Fsp3) is 0.208. The van der Waals surface area contributed by atoms with Crippen molar-refractivity contribution in [3.8, 4) is 11.3 Å². The summed E-state index contributed by atoms with van der Waals surface area (Å²) < 4.78 is 1.74. The topological polar surface area (TPSA) is 102 Å². The standard InChI is InChI=1S/C24H22Cl2N6O2S2/c1-13(27-22(34)17-10-9-16(25)11-18(17)26)21-30-31-24(32(21)3)35-12-19(33)28-23-29-20(14(2)36-23)15-7-5-4-6-8-15/h4-11,13H,12H2,1-3H3,(H,27,34)(H,28,29,33)/t13-/m1/s1. The van der Waals surface area contributed by atoms with E-state index in [1.54, 1.807) is 30.7 Å². The van der Waals surface area contributed by atoms with E-state index in [2.05, 4.69) is 25.8 Å². The van der Waals surface area contributed by atoms with Gasteiger partial charge in [-0.1, -0.05) is 65.3 Å². The van der Waals surface area contributed by atoms with Crippen LogP contribution in [-0.2, 0) is 11.8 Å². The molecule has 8 nitrogen and oxygen atoms in total. The SMILES string of the molecule is Cc1sc(NC(=O)CSc2nnc([C@@H](C)NC(=O)c3ccc(Cl)cc3Cl)n2C)nc1-c1ccccc1. The third-order valence-corrected chi connectivity index (χ3v) is 7.66. The molecule has 0 fully saturated rings. The molecule has 2 aromatic heterocycles. The van der Waals surface area contributed by atoms with Crippen LogP contribution in [0.5, 0.6) is 0 Å². The van der Waals surface area contributed by atoms with Gasteiger partial charge in [0.1, 0.15) is 0 Å². The zero-order chi connectivity index (χ0) is 25.8. The van der Waals surface area contributed by atoms with Crippen LogP contribution < -0.4 is 10.6 Å². The van der Waals surface area contributed by atoms with Gasteiger partial charge in [-0.25, -0.2) is 4.98 Å². The van der Waals surface area contributed by atoms with Gasteiger partial charge in [0, 0.05) is 22.5 Å². The van der Waals surface area contributed by atoms with Gasteiger partial charge in [-0.15, -0.1) is 21.5 Å². The van der Waals surface area contributed by atoms with Crippen LogP contribution in [0.25, 0.3) is 11.3 Å². The third kappa shape index (κ3) is 6.07. The van der Waals surface area contributed by atoms with Crippen molar-refractivity contribution < 1.29 is 9.59 Å². The monoisotopic (exact) mass is 560 g/mol.